The van der Waals surface area contributed by atoms with E-state index in [1.807, 2.05) is 4.90 Å². The zero-order valence-electron chi connectivity index (χ0n) is 12.8. The number of benzene rings is 1. The average Bonchev–Trinajstić information content (AvgIpc) is 2.86. The third-order valence-corrected chi connectivity index (χ3v) is 5.97. The predicted molar refractivity (Wildman–Crippen MR) is 95.0 cm³/mol. The molecule has 24 heavy (non-hydrogen) atoms. The lowest BCUT2D eigenvalue weighted by Gasteiger charge is -2.24. The minimum atomic E-state index is -2.97. The van der Waals surface area contributed by atoms with Gasteiger partial charge in [0.2, 0.25) is 5.95 Å². The summed E-state index contributed by atoms with van der Waals surface area (Å²) in [6, 6.07) is 4.89. The first kappa shape index (κ1) is 17.2. The Balaban J connectivity index is 1.79. The first-order valence-corrected chi connectivity index (χ1v) is 9.76. The van der Waals surface area contributed by atoms with E-state index >= 15 is 0 Å². The molecule has 0 saturated carbocycles. The summed E-state index contributed by atoms with van der Waals surface area (Å²) in [5.41, 5.74) is 0.637. The summed E-state index contributed by atoms with van der Waals surface area (Å²) in [4.78, 5) is 6.19. The minimum Gasteiger partial charge on any atom is -0.354 e. The molecular weight excluding hydrogens is 373 g/mol. The van der Waals surface area contributed by atoms with Crippen molar-refractivity contribution in [2.45, 2.75) is 12.5 Å². The van der Waals surface area contributed by atoms with Crippen LogP contribution in [0.15, 0.2) is 24.4 Å². The molecule has 0 amide bonds. The van der Waals surface area contributed by atoms with Crippen LogP contribution in [0.25, 0.3) is 0 Å². The van der Waals surface area contributed by atoms with E-state index in [2.05, 4.69) is 20.5 Å². The van der Waals surface area contributed by atoms with Crippen LogP contribution in [0.3, 0.4) is 0 Å². The van der Waals surface area contributed by atoms with Crippen molar-refractivity contribution in [1.29, 1.82) is 0 Å². The van der Waals surface area contributed by atoms with Crippen molar-refractivity contribution in [3.8, 4) is 0 Å². The van der Waals surface area contributed by atoms with E-state index in [0.29, 0.717) is 28.0 Å². The summed E-state index contributed by atoms with van der Waals surface area (Å²) < 4.78 is 23.3. The van der Waals surface area contributed by atoms with Gasteiger partial charge in [0.05, 0.1) is 17.7 Å². The number of anilines is 3. The summed E-state index contributed by atoms with van der Waals surface area (Å²) in [5.74, 6) is 1.15. The maximum atomic E-state index is 11.6. The molecular formula is C14H15Cl2N5O2S. The third-order valence-electron chi connectivity index (χ3n) is 3.78. The molecule has 1 saturated heterocycles. The van der Waals surface area contributed by atoms with Crippen molar-refractivity contribution >= 4 is 50.5 Å². The van der Waals surface area contributed by atoms with Gasteiger partial charge in [-0.15, -0.1) is 5.10 Å². The van der Waals surface area contributed by atoms with Crippen LogP contribution in [0.1, 0.15) is 6.42 Å². The van der Waals surface area contributed by atoms with Gasteiger partial charge in [-0.1, -0.05) is 23.2 Å². The lowest BCUT2D eigenvalue weighted by molar-refractivity contribution is 0.600. The lowest BCUT2D eigenvalue weighted by Crippen LogP contribution is -2.33. The van der Waals surface area contributed by atoms with Crippen LogP contribution in [-0.2, 0) is 9.84 Å². The van der Waals surface area contributed by atoms with Gasteiger partial charge in [0.1, 0.15) is 0 Å². The molecule has 7 nitrogen and oxygen atoms in total. The molecule has 128 valence electrons. The Kier molecular flexibility index (Phi) is 4.80. The first-order valence-electron chi connectivity index (χ1n) is 7.18. The van der Waals surface area contributed by atoms with Crippen molar-refractivity contribution in [2.24, 2.45) is 0 Å². The van der Waals surface area contributed by atoms with Crippen LogP contribution in [0.5, 0.6) is 0 Å². The Bertz CT molecular complexity index is 842. The number of hydrogen-bond donors (Lipinski definition) is 1. The quantitative estimate of drug-likeness (QED) is 0.861. The fraction of sp³-hybridized carbons (Fsp3) is 0.357. The number of aromatic nitrogens is 3. The number of rotatable bonds is 4. The van der Waals surface area contributed by atoms with E-state index in [4.69, 9.17) is 23.2 Å². The summed E-state index contributed by atoms with van der Waals surface area (Å²) in [6.07, 6.45) is 2.08. The molecule has 1 aromatic carbocycles. The van der Waals surface area contributed by atoms with E-state index in [0.717, 1.165) is 0 Å². The highest BCUT2D eigenvalue weighted by molar-refractivity contribution is 7.91. The molecule has 10 heteroatoms. The summed E-state index contributed by atoms with van der Waals surface area (Å²) in [7, 11) is -1.17. The molecule has 0 spiro atoms. The molecule has 1 aliphatic heterocycles. The molecule has 1 aromatic heterocycles. The predicted octanol–water partition coefficient (Wildman–Crippen LogP) is 2.55. The van der Waals surface area contributed by atoms with E-state index < -0.39 is 9.84 Å². The average molecular weight is 388 g/mol. The van der Waals surface area contributed by atoms with Crippen molar-refractivity contribution in [2.75, 3.05) is 28.8 Å². The Labute approximate surface area is 149 Å². The zero-order chi connectivity index (χ0) is 17.3. The molecule has 0 bridgehead atoms. The molecule has 0 aliphatic carbocycles. The Hall–Kier alpha value is -1.64. The SMILES string of the molecule is CN(c1cnnc(Nc2cc(Cl)cc(Cl)c2)n1)C1CCS(=O)(=O)C1. The van der Waals surface area contributed by atoms with Gasteiger partial charge >= 0.3 is 0 Å². The Morgan fingerprint density at radius 1 is 1.25 bits per heavy atom. The fourth-order valence-electron chi connectivity index (χ4n) is 2.54. The number of halogens is 2. The topological polar surface area (TPSA) is 88.1 Å². The second-order valence-corrected chi connectivity index (χ2v) is 8.69. The fourth-order valence-corrected chi connectivity index (χ4v) is 4.84. The normalized spacial score (nSPS) is 19.2. The van der Waals surface area contributed by atoms with Crippen LogP contribution >= 0.6 is 23.2 Å². The smallest absolute Gasteiger partial charge is 0.249 e. The van der Waals surface area contributed by atoms with Crippen molar-refractivity contribution in [1.82, 2.24) is 15.2 Å². The lowest BCUT2D eigenvalue weighted by atomic mass is 10.2. The molecule has 3 rings (SSSR count). The maximum absolute atomic E-state index is 11.6. The molecule has 1 aliphatic rings. The van der Waals surface area contributed by atoms with Gasteiger partial charge in [-0.25, -0.2) is 8.42 Å². The molecule has 0 radical (unpaired) electrons. The number of hydrogen-bond acceptors (Lipinski definition) is 7. The second kappa shape index (κ2) is 6.70. The monoisotopic (exact) mass is 387 g/mol. The zero-order valence-corrected chi connectivity index (χ0v) is 15.1. The molecule has 1 unspecified atom stereocenters. The van der Waals surface area contributed by atoms with Crippen LogP contribution in [0, 0.1) is 0 Å². The van der Waals surface area contributed by atoms with Gasteiger partial charge in [-0.3, -0.25) is 0 Å². The first-order chi connectivity index (χ1) is 11.3. The van der Waals surface area contributed by atoms with Gasteiger partial charge < -0.3 is 10.2 Å². The van der Waals surface area contributed by atoms with E-state index in [1.54, 1.807) is 25.2 Å². The van der Waals surface area contributed by atoms with Gasteiger partial charge in [-0.05, 0) is 24.6 Å². The molecule has 1 fully saturated rings. The maximum Gasteiger partial charge on any atom is 0.249 e. The standard InChI is InChI=1S/C14H15Cl2N5O2S/c1-21(12-2-3-24(22,23)8-12)13-7-17-20-14(19-13)18-11-5-9(15)4-10(16)6-11/h4-7,12H,2-3,8H2,1H3,(H,18,19,20). The number of sulfone groups is 1. The van der Waals surface area contributed by atoms with Gasteiger partial charge in [-0.2, -0.15) is 10.1 Å². The second-order valence-electron chi connectivity index (χ2n) is 5.59. The summed E-state index contributed by atoms with van der Waals surface area (Å²) in [5, 5.41) is 11.8. The van der Waals surface area contributed by atoms with Crippen molar-refractivity contribution < 1.29 is 8.42 Å². The van der Waals surface area contributed by atoms with Crippen molar-refractivity contribution in [3.05, 3.63) is 34.4 Å². The van der Waals surface area contributed by atoms with Crippen LogP contribution in [-0.4, -0.2) is 48.2 Å². The number of nitrogens with one attached hydrogen (secondary N) is 1. The third kappa shape index (κ3) is 4.06. The van der Waals surface area contributed by atoms with E-state index in [-0.39, 0.29) is 23.5 Å². The molecule has 2 aromatic rings. The summed E-state index contributed by atoms with van der Waals surface area (Å²) in [6.45, 7) is 0. The van der Waals surface area contributed by atoms with Gasteiger partial charge in [0.15, 0.2) is 15.7 Å². The molecule has 2 heterocycles. The van der Waals surface area contributed by atoms with Gasteiger partial charge in [0, 0.05) is 28.8 Å². The van der Waals surface area contributed by atoms with E-state index in [1.165, 1.54) is 6.20 Å². The molecule has 1 N–H and O–H groups in total. The largest absolute Gasteiger partial charge is 0.354 e. The number of nitrogens with zero attached hydrogens (tertiary/aromatic N) is 4. The highest BCUT2D eigenvalue weighted by Crippen LogP contribution is 2.25. The summed E-state index contributed by atoms with van der Waals surface area (Å²) >= 11 is 11.9. The van der Waals surface area contributed by atoms with E-state index in [9.17, 15) is 8.42 Å². The van der Waals surface area contributed by atoms with Crippen LogP contribution in [0.2, 0.25) is 10.0 Å². The minimum absolute atomic E-state index is 0.111. The highest BCUT2D eigenvalue weighted by atomic mass is 35.5. The van der Waals surface area contributed by atoms with Gasteiger partial charge in [0.25, 0.3) is 0 Å². The highest BCUT2D eigenvalue weighted by Gasteiger charge is 2.31. The van der Waals surface area contributed by atoms with Crippen LogP contribution < -0.4 is 10.2 Å². The van der Waals surface area contributed by atoms with Crippen LogP contribution in [0.4, 0.5) is 17.5 Å². The van der Waals surface area contributed by atoms with Crippen molar-refractivity contribution in [3.63, 3.8) is 0 Å². The Morgan fingerprint density at radius 2 is 1.96 bits per heavy atom. The Morgan fingerprint density at radius 3 is 2.58 bits per heavy atom. The molecule has 1 atom stereocenters.